The Balaban J connectivity index is 1.88. The van der Waals surface area contributed by atoms with Crippen molar-refractivity contribution in [2.24, 2.45) is 10.2 Å². The van der Waals surface area contributed by atoms with E-state index < -0.39 is 4.92 Å². The third-order valence-corrected chi connectivity index (χ3v) is 3.97. The summed E-state index contributed by atoms with van der Waals surface area (Å²) in [7, 11) is 0. The number of nitro groups is 1. The van der Waals surface area contributed by atoms with Crippen molar-refractivity contribution in [1.29, 1.82) is 0 Å². The van der Waals surface area contributed by atoms with Crippen LogP contribution in [0.15, 0.2) is 58.8 Å². The van der Waals surface area contributed by atoms with Crippen molar-refractivity contribution >= 4 is 28.7 Å². The first-order valence-corrected chi connectivity index (χ1v) is 9.28. The molecule has 0 saturated carbocycles. The molecule has 0 fully saturated rings. The maximum Gasteiger partial charge on any atom is 0.332 e. The van der Waals surface area contributed by atoms with Gasteiger partial charge in [0.1, 0.15) is 6.61 Å². The zero-order chi connectivity index (χ0) is 21.1. The Labute approximate surface area is 169 Å². The van der Waals surface area contributed by atoms with Gasteiger partial charge < -0.3 is 14.4 Å². The van der Waals surface area contributed by atoms with Crippen LogP contribution < -0.4 is 4.90 Å². The van der Waals surface area contributed by atoms with Gasteiger partial charge in [-0.25, -0.2) is 4.79 Å². The molecule has 0 aliphatic rings. The summed E-state index contributed by atoms with van der Waals surface area (Å²) < 4.78 is 10.2. The number of likely N-dealkylation sites (N-methyl/N-ethyl adjacent to an activating group) is 1. The topological polar surface area (TPSA) is 107 Å². The normalized spacial score (nSPS) is 10.8. The van der Waals surface area contributed by atoms with Gasteiger partial charge in [0, 0.05) is 30.9 Å². The van der Waals surface area contributed by atoms with Gasteiger partial charge in [0.25, 0.3) is 5.69 Å². The van der Waals surface area contributed by atoms with Crippen LogP contribution in [0.3, 0.4) is 0 Å². The number of benzene rings is 2. The molecule has 0 spiro atoms. The summed E-state index contributed by atoms with van der Waals surface area (Å²) in [6.45, 7) is 5.92. The molecular weight excluding hydrogens is 376 g/mol. The number of azo groups is 1. The first kappa shape index (κ1) is 22.0. The number of hydrogen-bond acceptors (Lipinski definition) is 8. The van der Waals surface area contributed by atoms with Crippen molar-refractivity contribution in [2.75, 3.05) is 37.8 Å². The smallest absolute Gasteiger partial charge is 0.332 e. The van der Waals surface area contributed by atoms with Crippen LogP contribution in [0.4, 0.5) is 22.7 Å². The van der Waals surface area contributed by atoms with E-state index in [0.29, 0.717) is 31.1 Å². The first-order chi connectivity index (χ1) is 14.0. The predicted octanol–water partition coefficient (Wildman–Crippen LogP) is 4.42. The van der Waals surface area contributed by atoms with Crippen LogP contribution in [-0.2, 0) is 14.3 Å². The number of hydrogen-bond donors (Lipinski definition) is 0. The average Bonchev–Trinajstić information content (AvgIpc) is 2.73. The Morgan fingerprint density at radius 3 is 2.14 bits per heavy atom. The van der Waals surface area contributed by atoms with Gasteiger partial charge in [-0.2, -0.15) is 10.2 Å². The van der Waals surface area contributed by atoms with Gasteiger partial charge >= 0.3 is 5.97 Å². The highest BCUT2D eigenvalue weighted by atomic mass is 16.6. The van der Waals surface area contributed by atoms with Gasteiger partial charge in [-0.05, 0) is 50.2 Å². The van der Waals surface area contributed by atoms with Crippen LogP contribution >= 0.6 is 0 Å². The highest BCUT2D eigenvalue weighted by Crippen LogP contribution is 2.23. The molecule has 29 heavy (non-hydrogen) atoms. The molecule has 154 valence electrons. The Morgan fingerprint density at radius 2 is 1.62 bits per heavy atom. The van der Waals surface area contributed by atoms with E-state index in [-0.39, 0.29) is 18.3 Å². The number of ether oxygens (including phenoxy) is 2. The highest BCUT2D eigenvalue weighted by molar-refractivity contribution is 5.70. The molecule has 0 aromatic heterocycles. The minimum atomic E-state index is -0.457. The lowest BCUT2D eigenvalue weighted by Gasteiger charge is -2.23. The van der Waals surface area contributed by atoms with E-state index in [4.69, 9.17) is 9.47 Å². The lowest BCUT2D eigenvalue weighted by atomic mass is 10.2. The molecule has 0 N–H and O–H groups in total. The maximum absolute atomic E-state index is 11.3. The molecule has 0 unspecified atom stereocenters. The second-order valence-electron chi connectivity index (χ2n) is 5.93. The number of anilines is 1. The fourth-order valence-corrected chi connectivity index (χ4v) is 2.49. The summed E-state index contributed by atoms with van der Waals surface area (Å²) in [5, 5.41) is 18.9. The molecule has 2 aromatic rings. The fourth-order valence-electron chi connectivity index (χ4n) is 2.49. The van der Waals surface area contributed by atoms with Crippen LogP contribution in [0.2, 0.25) is 0 Å². The number of nitrogens with zero attached hydrogens (tertiary/aromatic N) is 4. The summed E-state index contributed by atoms with van der Waals surface area (Å²) in [6.07, 6.45) is 0. The molecule has 0 amide bonds. The summed E-state index contributed by atoms with van der Waals surface area (Å²) in [4.78, 5) is 23.6. The predicted molar refractivity (Wildman–Crippen MR) is 109 cm³/mol. The molecule has 0 aliphatic heterocycles. The Kier molecular flexibility index (Phi) is 8.71. The Bertz CT molecular complexity index is 822. The molecule has 0 atom stereocenters. The van der Waals surface area contributed by atoms with E-state index in [9.17, 15) is 14.9 Å². The van der Waals surface area contributed by atoms with Crippen molar-refractivity contribution in [3.05, 3.63) is 58.6 Å². The zero-order valence-corrected chi connectivity index (χ0v) is 16.5. The number of esters is 1. The summed E-state index contributed by atoms with van der Waals surface area (Å²) in [5.41, 5.74) is 2.22. The quantitative estimate of drug-likeness (QED) is 0.182. The molecule has 9 heteroatoms. The van der Waals surface area contributed by atoms with Crippen LogP contribution in [-0.4, -0.2) is 43.8 Å². The van der Waals surface area contributed by atoms with Crippen LogP contribution in [0, 0.1) is 10.1 Å². The molecule has 0 bridgehead atoms. The molecule has 2 rings (SSSR count). The number of carbonyl (C=O) groups is 1. The molecule has 0 saturated heterocycles. The third-order valence-electron chi connectivity index (χ3n) is 3.97. The fraction of sp³-hybridized carbons (Fsp3) is 0.350. The van der Waals surface area contributed by atoms with Crippen molar-refractivity contribution < 1.29 is 19.2 Å². The Morgan fingerprint density at radius 1 is 1.03 bits per heavy atom. The number of nitro benzene ring substituents is 1. The van der Waals surface area contributed by atoms with Crippen LogP contribution in [0.5, 0.6) is 0 Å². The summed E-state index contributed by atoms with van der Waals surface area (Å²) >= 11 is 0. The number of carbonyl (C=O) groups excluding carboxylic acids is 1. The van der Waals surface area contributed by atoms with E-state index >= 15 is 0 Å². The van der Waals surface area contributed by atoms with Gasteiger partial charge in [0.15, 0.2) is 0 Å². The lowest BCUT2D eigenvalue weighted by Crippen LogP contribution is -2.28. The Hall–Kier alpha value is -3.33. The van der Waals surface area contributed by atoms with Crippen molar-refractivity contribution in [2.45, 2.75) is 13.8 Å². The first-order valence-electron chi connectivity index (χ1n) is 9.28. The van der Waals surface area contributed by atoms with Gasteiger partial charge in [-0.1, -0.05) is 0 Å². The monoisotopic (exact) mass is 400 g/mol. The van der Waals surface area contributed by atoms with Crippen molar-refractivity contribution in [1.82, 2.24) is 0 Å². The van der Waals surface area contributed by atoms with Gasteiger partial charge in [0.05, 0.1) is 29.5 Å². The molecular formula is C20H24N4O5. The minimum Gasteiger partial charge on any atom is -0.464 e. The molecule has 2 aromatic carbocycles. The van der Waals surface area contributed by atoms with E-state index in [1.54, 1.807) is 19.1 Å². The molecule has 0 aliphatic carbocycles. The van der Waals surface area contributed by atoms with E-state index in [2.05, 4.69) is 15.1 Å². The SMILES string of the molecule is CCOC(=O)COCCN(CC)c1ccc(N=Nc2ccc([N+](=O)[O-])cc2)cc1. The highest BCUT2D eigenvalue weighted by Gasteiger charge is 2.07. The van der Waals surface area contributed by atoms with Gasteiger partial charge in [-0.3, -0.25) is 10.1 Å². The third kappa shape index (κ3) is 7.30. The summed E-state index contributed by atoms with van der Waals surface area (Å²) in [5.74, 6) is -0.363. The second-order valence-corrected chi connectivity index (χ2v) is 5.93. The maximum atomic E-state index is 11.3. The number of non-ortho nitro benzene ring substituents is 1. The van der Waals surface area contributed by atoms with Crippen molar-refractivity contribution in [3.8, 4) is 0 Å². The minimum absolute atomic E-state index is 0.0131. The molecule has 9 nitrogen and oxygen atoms in total. The second kappa shape index (κ2) is 11.5. The lowest BCUT2D eigenvalue weighted by molar-refractivity contribution is -0.384. The van der Waals surface area contributed by atoms with E-state index in [0.717, 1.165) is 12.2 Å². The van der Waals surface area contributed by atoms with Gasteiger partial charge in [-0.15, -0.1) is 0 Å². The van der Waals surface area contributed by atoms with E-state index in [1.807, 2.05) is 31.2 Å². The summed E-state index contributed by atoms with van der Waals surface area (Å²) in [6, 6.07) is 13.4. The van der Waals surface area contributed by atoms with Crippen LogP contribution in [0.1, 0.15) is 13.8 Å². The van der Waals surface area contributed by atoms with E-state index in [1.165, 1.54) is 12.1 Å². The van der Waals surface area contributed by atoms with Gasteiger partial charge in [0.2, 0.25) is 0 Å². The largest absolute Gasteiger partial charge is 0.464 e. The standard InChI is InChI=1S/C20H24N4O5/c1-3-23(13-14-28-15-20(25)29-4-2)18-9-5-16(6-10-18)21-22-17-7-11-19(12-8-17)24(26)27/h5-12H,3-4,13-15H2,1-2H3. The molecule has 0 radical (unpaired) electrons. The van der Waals surface area contributed by atoms with Crippen molar-refractivity contribution in [3.63, 3.8) is 0 Å². The average molecular weight is 400 g/mol. The molecule has 0 heterocycles. The zero-order valence-electron chi connectivity index (χ0n) is 16.5. The van der Waals surface area contributed by atoms with Crippen LogP contribution in [0.25, 0.3) is 0 Å². The number of rotatable bonds is 11.